The number of nitrogens with zero attached hydrogens (tertiary/aromatic N) is 2. The zero-order valence-corrected chi connectivity index (χ0v) is 10.3. The molecule has 0 saturated carbocycles. The molecular formula is C10H18N4OS. The molecular weight excluding hydrogens is 224 g/mol. The van der Waals surface area contributed by atoms with E-state index >= 15 is 0 Å². The minimum absolute atomic E-state index is 0.145. The standard InChI is InChI=1S/C10H18N4OS/c1-8(13-5-3-2-4-6-13)7-14-9(15)11-12-10(14)16/h8H,2-7H2,1H3,(H,11,15)(H,12,16). The summed E-state index contributed by atoms with van der Waals surface area (Å²) in [5, 5.41) is 5.17. The molecule has 2 heterocycles. The molecule has 0 aromatic carbocycles. The average Bonchev–Trinajstić information content (AvgIpc) is 2.62. The van der Waals surface area contributed by atoms with Crippen molar-refractivity contribution in [2.24, 2.45) is 0 Å². The number of hydrogen-bond donors (Lipinski definition) is 2. The van der Waals surface area contributed by atoms with Gasteiger partial charge in [0, 0.05) is 12.6 Å². The Kier molecular flexibility index (Phi) is 3.60. The topological polar surface area (TPSA) is 56.8 Å². The molecule has 0 spiro atoms. The van der Waals surface area contributed by atoms with E-state index in [9.17, 15) is 4.79 Å². The Hall–Kier alpha value is -0.880. The monoisotopic (exact) mass is 242 g/mol. The van der Waals surface area contributed by atoms with Crippen molar-refractivity contribution < 1.29 is 0 Å². The van der Waals surface area contributed by atoms with E-state index in [1.807, 2.05) is 0 Å². The molecule has 1 atom stereocenters. The van der Waals surface area contributed by atoms with Gasteiger partial charge in [-0.15, -0.1) is 0 Å². The van der Waals surface area contributed by atoms with E-state index in [1.54, 1.807) is 4.57 Å². The largest absolute Gasteiger partial charge is 0.342 e. The summed E-state index contributed by atoms with van der Waals surface area (Å²) >= 11 is 5.05. The maximum Gasteiger partial charge on any atom is 0.342 e. The molecule has 1 fully saturated rings. The van der Waals surface area contributed by atoms with Gasteiger partial charge in [0.1, 0.15) is 0 Å². The Morgan fingerprint density at radius 2 is 2.00 bits per heavy atom. The van der Waals surface area contributed by atoms with Crippen LogP contribution in [0.15, 0.2) is 4.79 Å². The van der Waals surface area contributed by atoms with Gasteiger partial charge < -0.3 is 0 Å². The highest BCUT2D eigenvalue weighted by molar-refractivity contribution is 7.71. The second-order valence-corrected chi connectivity index (χ2v) is 4.80. The molecule has 16 heavy (non-hydrogen) atoms. The van der Waals surface area contributed by atoms with E-state index in [4.69, 9.17) is 12.2 Å². The zero-order valence-electron chi connectivity index (χ0n) is 9.53. The van der Waals surface area contributed by atoms with Gasteiger partial charge in [0.05, 0.1) is 0 Å². The Bertz CT molecular complexity index is 413. The van der Waals surface area contributed by atoms with E-state index in [2.05, 4.69) is 22.0 Å². The molecule has 1 saturated heterocycles. The van der Waals surface area contributed by atoms with E-state index in [0.717, 1.165) is 13.1 Å². The van der Waals surface area contributed by atoms with Crippen molar-refractivity contribution in [2.75, 3.05) is 13.1 Å². The van der Waals surface area contributed by atoms with Gasteiger partial charge in [-0.2, -0.15) is 0 Å². The zero-order chi connectivity index (χ0) is 11.5. The molecule has 0 amide bonds. The number of aromatic nitrogens is 3. The van der Waals surface area contributed by atoms with Crippen molar-refractivity contribution in [3.63, 3.8) is 0 Å². The smallest absolute Gasteiger partial charge is 0.299 e. The Morgan fingerprint density at radius 1 is 1.31 bits per heavy atom. The van der Waals surface area contributed by atoms with Crippen molar-refractivity contribution >= 4 is 12.2 Å². The van der Waals surface area contributed by atoms with Crippen LogP contribution in [0.1, 0.15) is 26.2 Å². The van der Waals surface area contributed by atoms with Crippen molar-refractivity contribution in [1.29, 1.82) is 0 Å². The van der Waals surface area contributed by atoms with Crippen LogP contribution >= 0.6 is 12.2 Å². The minimum atomic E-state index is -0.145. The summed E-state index contributed by atoms with van der Waals surface area (Å²) in [6.07, 6.45) is 3.85. The maximum atomic E-state index is 11.4. The van der Waals surface area contributed by atoms with Crippen LogP contribution in [0.25, 0.3) is 0 Å². The van der Waals surface area contributed by atoms with Gasteiger partial charge in [-0.25, -0.2) is 9.89 Å². The predicted molar refractivity (Wildman–Crippen MR) is 65.1 cm³/mol. The van der Waals surface area contributed by atoms with Gasteiger partial charge in [-0.1, -0.05) is 6.42 Å². The van der Waals surface area contributed by atoms with Crippen LogP contribution in [0, 0.1) is 4.77 Å². The molecule has 0 bridgehead atoms. The summed E-state index contributed by atoms with van der Waals surface area (Å²) in [5.74, 6) is 0. The fourth-order valence-corrected chi connectivity index (χ4v) is 2.45. The summed E-state index contributed by atoms with van der Waals surface area (Å²) in [5.41, 5.74) is -0.145. The van der Waals surface area contributed by atoms with Crippen molar-refractivity contribution in [1.82, 2.24) is 19.7 Å². The Labute approximate surface area is 99.5 Å². The highest BCUT2D eigenvalue weighted by atomic mass is 32.1. The molecule has 1 aromatic rings. The van der Waals surface area contributed by atoms with Crippen LogP contribution < -0.4 is 5.69 Å². The summed E-state index contributed by atoms with van der Waals surface area (Å²) in [6.45, 7) is 5.09. The molecule has 1 aliphatic rings. The van der Waals surface area contributed by atoms with E-state index < -0.39 is 0 Å². The molecule has 6 heteroatoms. The number of likely N-dealkylation sites (tertiary alicyclic amines) is 1. The number of nitrogens with one attached hydrogen (secondary N) is 2. The number of rotatable bonds is 3. The highest BCUT2D eigenvalue weighted by Crippen LogP contribution is 2.12. The number of H-pyrrole nitrogens is 2. The fourth-order valence-electron chi connectivity index (χ4n) is 2.24. The molecule has 2 rings (SSSR count). The lowest BCUT2D eigenvalue weighted by molar-refractivity contribution is 0.158. The second kappa shape index (κ2) is 4.97. The molecule has 90 valence electrons. The Balaban J connectivity index is 2.04. The van der Waals surface area contributed by atoms with Crippen LogP contribution in [0.3, 0.4) is 0 Å². The molecule has 1 unspecified atom stereocenters. The van der Waals surface area contributed by atoms with E-state index in [1.165, 1.54) is 19.3 Å². The fraction of sp³-hybridized carbons (Fsp3) is 0.800. The third kappa shape index (κ3) is 2.44. The molecule has 5 nitrogen and oxygen atoms in total. The molecule has 1 aromatic heterocycles. The quantitative estimate of drug-likeness (QED) is 0.781. The van der Waals surface area contributed by atoms with Crippen molar-refractivity contribution in [3.05, 3.63) is 15.3 Å². The molecule has 2 N–H and O–H groups in total. The molecule has 1 aliphatic heterocycles. The average molecular weight is 242 g/mol. The van der Waals surface area contributed by atoms with Gasteiger partial charge in [0.25, 0.3) is 0 Å². The van der Waals surface area contributed by atoms with Crippen LogP contribution in [-0.4, -0.2) is 38.8 Å². The third-order valence-corrected chi connectivity index (χ3v) is 3.55. The number of hydrogen-bond acceptors (Lipinski definition) is 3. The van der Waals surface area contributed by atoms with E-state index in [-0.39, 0.29) is 5.69 Å². The maximum absolute atomic E-state index is 11.4. The summed E-state index contributed by atoms with van der Waals surface area (Å²) < 4.78 is 2.07. The highest BCUT2D eigenvalue weighted by Gasteiger charge is 2.17. The predicted octanol–water partition coefficient (Wildman–Crippen LogP) is 1.11. The first kappa shape index (κ1) is 11.6. The van der Waals surface area contributed by atoms with Crippen molar-refractivity contribution in [2.45, 2.75) is 38.8 Å². The van der Waals surface area contributed by atoms with Crippen LogP contribution in [0.4, 0.5) is 0 Å². The summed E-state index contributed by atoms with van der Waals surface area (Å²) in [6, 6.07) is 0.365. The second-order valence-electron chi connectivity index (χ2n) is 4.42. The lowest BCUT2D eigenvalue weighted by Crippen LogP contribution is -2.41. The normalized spacial score (nSPS) is 19.8. The van der Waals surface area contributed by atoms with Gasteiger partial charge in [-0.05, 0) is 45.1 Å². The molecule has 0 radical (unpaired) electrons. The van der Waals surface area contributed by atoms with Gasteiger partial charge in [0.15, 0.2) is 4.77 Å². The lowest BCUT2D eigenvalue weighted by atomic mass is 10.1. The first-order valence-corrected chi connectivity index (χ1v) is 6.21. The van der Waals surface area contributed by atoms with Crippen LogP contribution in [0.2, 0.25) is 0 Å². The lowest BCUT2D eigenvalue weighted by Gasteiger charge is -2.32. The van der Waals surface area contributed by atoms with Gasteiger partial charge >= 0.3 is 5.69 Å². The van der Waals surface area contributed by atoms with Gasteiger partial charge in [0.2, 0.25) is 0 Å². The van der Waals surface area contributed by atoms with Crippen LogP contribution in [-0.2, 0) is 6.54 Å². The third-order valence-electron chi connectivity index (χ3n) is 3.23. The number of aromatic amines is 2. The number of piperidine rings is 1. The van der Waals surface area contributed by atoms with Crippen molar-refractivity contribution in [3.8, 4) is 0 Å². The summed E-state index contributed by atoms with van der Waals surface area (Å²) in [4.78, 5) is 13.9. The minimum Gasteiger partial charge on any atom is -0.299 e. The van der Waals surface area contributed by atoms with Crippen LogP contribution in [0.5, 0.6) is 0 Å². The first-order valence-electron chi connectivity index (χ1n) is 5.80. The van der Waals surface area contributed by atoms with Gasteiger partial charge in [-0.3, -0.25) is 14.6 Å². The molecule has 0 aliphatic carbocycles. The summed E-state index contributed by atoms with van der Waals surface area (Å²) in [7, 11) is 0. The van der Waals surface area contributed by atoms with E-state index in [0.29, 0.717) is 17.4 Å². The SMILES string of the molecule is CC(Cn1c(=O)[nH][nH]c1=S)N1CCCCC1. The first-order chi connectivity index (χ1) is 7.68. The Morgan fingerprint density at radius 3 is 2.56 bits per heavy atom.